The topological polar surface area (TPSA) is 182 Å². The fourth-order valence-electron chi connectivity index (χ4n) is 9.21. The lowest BCUT2D eigenvalue weighted by atomic mass is 9.93. The molecule has 0 unspecified atom stereocenters. The fraction of sp³-hybridized carbons (Fsp3) is 0.377. The molecular formula is C53H56ClN5O12S. The van der Waals surface area contributed by atoms with E-state index in [0.717, 1.165) is 49.9 Å². The molecule has 1 aromatic heterocycles. The van der Waals surface area contributed by atoms with Gasteiger partial charge in [0, 0.05) is 100.0 Å². The van der Waals surface area contributed by atoms with Gasteiger partial charge in [-0.2, -0.15) is 0 Å². The molecule has 3 aliphatic rings. The second-order valence-corrected chi connectivity index (χ2v) is 19.0. The summed E-state index contributed by atoms with van der Waals surface area (Å²) in [6.07, 6.45) is 2.71. The van der Waals surface area contributed by atoms with Crippen LogP contribution in [0, 0.1) is 0 Å². The number of alkyl halides is 1. The molecule has 5 aromatic rings. The number of hydrogen-bond donors (Lipinski definition) is 0. The van der Waals surface area contributed by atoms with Gasteiger partial charge in [0.25, 0.3) is 23.6 Å². The number of carbonyl (C=O) groups is 7. The highest BCUT2D eigenvalue weighted by molar-refractivity contribution is 7.16. The number of benzene rings is 4. The average Bonchev–Trinajstić information content (AvgIpc) is 4.19. The summed E-state index contributed by atoms with van der Waals surface area (Å²) in [6, 6.07) is 22.0. The molecular weight excluding hydrogens is 966 g/mol. The summed E-state index contributed by atoms with van der Waals surface area (Å²) in [5, 5.41) is 3.17. The summed E-state index contributed by atoms with van der Waals surface area (Å²) >= 11 is 7.69. The first kappa shape index (κ1) is 51.6. The Morgan fingerprint density at radius 3 is 1.68 bits per heavy atom. The Morgan fingerprint density at radius 2 is 1.14 bits per heavy atom. The van der Waals surface area contributed by atoms with E-state index in [1.807, 2.05) is 48.5 Å². The van der Waals surface area contributed by atoms with Gasteiger partial charge in [-0.25, -0.2) is 4.79 Å². The van der Waals surface area contributed by atoms with Crippen LogP contribution in [0.4, 0.5) is 16.2 Å². The third-order valence-electron chi connectivity index (χ3n) is 13.0. The van der Waals surface area contributed by atoms with Crippen LogP contribution in [0.2, 0.25) is 0 Å². The zero-order valence-corrected chi connectivity index (χ0v) is 42.1. The Labute approximate surface area is 425 Å². The summed E-state index contributed by atoms with van der Waals surface area (Å²) in [7, 11) is 3.23. The van der Waals surface area contributed by atoms with E-state index >= 15 is 0 Å². The van der Waals surface area contributed by atoms with Crippen molar-refractivity contribution >= 4 is 97.5 Å². The quantitative estimate of drug-likeness (QED) is 0.0234. The number of hydrogen-bond acceptors (Lipinski definition) is 13. The van der Waals surface area contributed by atoms with Crippen molar-refractivity contribution in [3.63, 3.8) is 0 Å². The minimum atomic E-state index is -0.656. The molecule has 4 heterocycles. The highest BCUT2D eigenvalue weighted by atomic mass is 35.5. The Bertz CT molecular complexity index is 2920. The van der Waals surface area contributed by atoms with Crippen molar-refractivity contribution in [1.82, 2.24) is 14.7 Å². The van der Waals surface area contributed by atoms with Crippen LogP contribution in [0.25, 0.3) is 21.5 Å². The molecule has 0 aliphatic carbocycles. The van der Waals surface area contributed by atoms with Gasteiger partial charge in [-0.05, 0) is 40.5 Å². The minimum absolute atomic E-state index is 0.0495. The standard InChI is InChI=1S/C53H56ClN5O12S/c1-5-34-31-58(40-28-42(70-33(2)60)36-10-6-8-12-38(36)49(34)40)51(64)44-14-15-45(72-44)52(65)59-32-35(30-54)50-39-13-9-7-11-37(39)43(29-41(50)59)71-53(66)56(4)20-19-55(3)46(61)18-22-67-24-26-69-27-25-68-23-21-57-47(62)16-17-48(57)63/h6-17,28-29,34-35H,5,18-27,30-32H2,1-4H3/t34-,35-/m1/s1. The van der Waals surface area contributed by atoms with E-state index < -0.39 is 12.1 Å². The number of rotatable bonds is 21. The van der Waals surface area contributed by atoms with Crippen LogP contribution in [-0.2, 0) is 33.4 Å². The van der Waals surface area contributed by atoms with Gasteiger partial charge in [-0.1, -0.05) is 55.5 Å². The average molecular weight is 1020 g/mol. The molecule has 378 valence electrons. The molecule has 4 aromatic carbocycles. The first-order valence-corrected chi connectivity index (χ1v) is 25.2. The van der Waals surface area contributed by atoms with Gasteiger partial charge in [0.05, 0.1) is 73.7 Å². The van der Waals surface area contributed by atoms with Gasteiger partial charge < -0.3 is 43.3 Å². The van der Waals surface area contributed by atoms with Crippen LogP contribution in [0.1, 0.15) is 69.0 Å². The molecule has 72 heavy (non-hydrogen) atoms. The molecule has 2 atom stereocenters. The molecule has 0 radical (unpaired) electrons. The SMILES string of the molecule is CC[C@@H]1CN(C(=O)c2ccc(C(=O)N3C[C@@H](CCl)c4c3cc(OC(=O)N(C)CCN(C)C(=O)CCOCCOCCOCCN3C(=O)C=CC3=O)c3ccccc43)s2)c2cc(OC(C)=O)c3ccccc3c21. The molecule has 19 heteroatoms. The maximum atomic E-state index is 14.5. The Hall–Kier alpha value is -6.70. The van der Waals surface area contributed by atoms with Crippen LogP contribution in [0.3, 0.4) is 0 Å². The van der Waals surface area contributed by atoms with Gasteiger partial charge in [0.1, 0.15) is 11.5 Å². The molecule has 0 N–H and O–H groups in total. The van der Waals surface area contributed by atoms with Crippen LogP contribution in [-0.4, -0.2) is 149 Å². The number of halogens is 1. The zero-order chi connectivity index (χ0) is 51.1. The van der Waals surface area contributed by atoms with E-state index in [-0.39, 0.29) is 112 Å². The smallest absolute Gasteiger partial charge is 0.415 e. The van der Waals surface area contributed by atoms with Gasteiger partial charge in [-0.15, -0.1) is 22.9 Å². The number of carbonyl (C=O) groups excluding carboxylic acids is 7. The van der Waals surface area contributed by atoms with E-state index in [2.05, 4.69) is 6.92 Å². The van der Waals surface area contributed by atoms with Crippen LogP contribution >= 0.6 is 22.9 Å². The van der Waals surface area contributed by atoms with Gasteiger partial charge in [0.15, 0.2) is 0 Å². The number of amides is 6. The van der Waals surface area contributed by atoms with Gasteiger partial charge in [-0.3, -0.25) is 33.7 Å². The van der Waals surface area contributed by atoms with Crippen molar-refractivity contribution < 1.29 is 57.2 Å². The first-order valence-electron chi connectivity index (χ1n) is 23.8. The van der Waals surface area contributed by atoms with Crippen LogP contribution in [0.5, 0.6) is 11.5 Å². The van der Waals surface area contributed by atoms with Crippen molar-refractivity contribution in [2.45, 2.75) is 38.5 Å². The molecule has 3 aliphatic heterocycles. The largest absolute Gasteiger partial charge is 0.426 e. The number of likely N-dealkylation sites (N-methyl/N-ethyl adjacent to an activating group) is 2. The second kappa shape index (κ2) is 23.2. The molecule has 6 amide bonds. The number of anilines is 2. The number of thiophene rings is 1. The third kappa shape index (κ3) is 11.2. The van der Waals surface area contributed by atoms with Gasteiger partial charge >= 0.3 is 12.1 Å². The first-order chi connectivity index (χ1) is 34.8. The van der Waals surface area contributed by atoms with E-state index in [1.54, 1.807) is 48.2 Å². The monoisotopic (exact) mass is 1020 g/mol. The maximum absolute atomic E-state index is 14.5. The van der Waals surface area contributed by atoms with Crippen LogP contribution < -0.4 is 19.3 Å². The summed E-state index contributed by atoms with van der Waals surface area (Å²) in [5.41, 5.74) is 3.10. The maximum Gasteiger partial charge on any atom is 0.415 e. The van der Waals surface area contributed by atoms with Crippen molar-refractivity contribution in [3.05, 3.63) is 106 Å². The number of fused-ring (bicyclic) bond motifs is 6. The van der Waals surface area contributed by atoms with Crippen molar-refractivity contribution in [2.24, 2.45) is 0 Å². The number of ether oxygens (including phenoxy) is 5. The van der Waals surface area contributed by atoms with Crippen molar-refractivity contribution in [1.29, 1.82) is 0 Å². The zero-order valence-electron chi connectivity index (χ0n) is 40.6. The predicted molar refractivity (Wildman–Crippen MR) is 273 cm³/mol. The highest BCUT2D eigenvalue weighted by Crippen LogP contribution is 2.48. The van der Waals surface area contributed by atoms with E-state index in [4.69, 9.17) is 35.3 Å². The molecule has 0 bridgehead atoms. The molecule has 0 spiro atoms. The molecule has 17 nitrogen and oxygen atoms in total. The lowest BCUT2D eigenvalue weighted by Gasteiger charge is -2.23. The number of imide groups is 1. The third-order valence-corrected chi connectivity index (χ3v) is 14.4. The fourth-order valence-corrected chi connectivity index (χ4v) is 10.4. The lowest BCUT2D eigenvalue weighted by Crippen LogP contribution is -2.38. The van der Waals surface area contributed by atoms with Crippen LogP contribution in [0.15, 0.2) is 84.9 Å². The second-order valence-electron chi connectivity index (χ2n) is 17.6. The molecule has 0 saturated carbocycles. The summed E-state index contributed by atoms with van der Waals surface area (Å²) in [6.45, 7) is 6.25. The Kier molecular flexibility index (Phi) is 16.7. The van der Waals surface area contributed by atoms with Crippen molar-refractivity contribution in [2.75, 3.05) is 102 Å². The molecule has 0 fully saturated rings. The predicted octanol–water partition coefficient (Wildman–Crippen LogP) is 7.37. The molecule has 8 rings (SSSR count). The normalized spacial score (nSPS) is 15.9. The minimum Gasteiger partial charge on any atom is -0.426 e. The molecule has 0 saturated heterocycles. The summed E-state index contributed by atoms with van der Waals surface area (Å²) in [4.78, 5) is 98.8. The Balaban J connectivity index is 0.861. The van der Waals surface area contributed by atoms with E-state index in [0.29, 0.717) is 52.0 Å². The van der Waals surface area contributed by atoms with Crippen molar-refractivity contribution in [3.8, 4) is 11.5 Å². The summed E-state index contributed by atoms with van der Waals surface area (Å²) in [5.74, 6) is -1.25. The number of nitrogens with zero attached hydrogens (tertiary/aromatic N) is 5. The Morgan fingerprint density at radius 1 is 0.653 bits per heavy atom. The summed E-state index contributed by atoms with van der Waals surface area (Å²) < 4.78 is 28.1. The van der Waals surface area contributed by atoms with Gasteiger partial charge in [0.2, 0.25) is 5.91 Å². The van der Waals surface area contributed by atoms with E-state index in [1.165, 1.54) is 28.9 Å². The number of esters is 1. The van der Waals surface area contributed by atoms with E-state index in [9.17, 15) is 33.6 Å². The highest BCUT2D eigenvalue weighted by Gasteiger charge is 2.38. The lowest BCUT2D eigenvalue weighted by molar-refractivity contribution is -0.138.